The van der Waals surface area contributed by atoms with Gasteiger partial charge in [-0.3, -0.25) is 4.72 Å². The van der Waals surface area contributed by atoms with Crippen LogP contribution in [0.3, 0.4) is 0 Å². The molecule has 2 rings (SSSR count). The zero-order chi connectivity index (χ0) is 14.8. The summed E-state index contributed by atoms with van der Waals surface area (Å²) in [5.74, 6) is 0. The number of sulfonamides is 1. The van der Waals surface area contributed by atoms with E-state index in [1.54, 1.807) is 24.3 Å². The Balaban J connectivity index is 2.28. The van der Waals surface area contributed by atoms with Crippen molar-refractivity contribution in [2.24, 2.45) is 0 Å². The van der Waals surface area contributed by atoms with Crippen LogP contribution in [-0.4, -0.2) is 15.5 Å². The average molecular weight is 396 g/mol. The Morgan fingerprint density at radius 2 is 2.10 bits per heavy atom. The Kier molecular flexibility index (Phi) is 5.09. The third kappa shape index (κ3) is 3.73. The first-order valence-corrected chi connectivity index (χ1v) is 9.15. The van der Waals surface area contributed by atoms with Crippen molar-refractivity contribution in [3.63, 3.8) is 0 Å². The van der Waals surface area contributed by atoms with E-state index in [-0.39, 0.29) is 4.21 Å². The minimum absolute atomic E-state index is 0.273. The number of rotatable bonds is 5. The van der Waals surface area contributed by atoms with Gasteiger partial charge in [-0.2, -0.15) is 0 Å². The smallest absolute Gasteiger partial charge is 0.271 e. The van der Waals surface area contributed by atoms with E-state index in [1.807, 2.05) is 12.4 Å². The normalized spacial score (nSPS) is 11.6. The molecule has 0 aliphatic heterocycles. The van der Waals surface area contributed by atoms with Crippen molar-refractivity contribution in [3.05, 3.63) is 44.7 Å². The first-order chi connectivity index (χ1) is 9.42. The number of nitrogens with one attached hydrogen (secondary N) is 2. The lowest BCUT2D eigenvalue weighted by atomic mass is 10.3. The number of thiophene rings is 1. The predicted molar refractivity (Wildman–Crippen MR) is 87.0 cm³/mol. The summed E-state index contributed by atoms with van der Waals surface area (Å²) < 4.78 is 28.0. The molecule has 1 aromatic heterocycles. The molecule has 0 saturated heterocycles. The second-order valence-corrected chi connectivity index (χ2v) is 8.15. The van der Waals surface area contributed by atoms with Crippen LogP contribution in [0.15, 0.2) is 38.3 Å². The van der Waals surface area contributed by atoms with E-state index in [1.165, 1.54) is 11.3 Å². The summed E-state index contributed by atoms with van der Waals surface area (Å²) in [6.07, 6.45) is 0. The third-order valence-corrected chi connectivity index (χ3v) is 6.23. The number of halogens is 2. The van der Waals surface area contributed by atoms with Gasteiger partial charge in [-0.1, -0.05) is 11.6 Å². The van der Waals surface area contributed by atoms with Gasteiger partial charge in [-0.15, -0.1) is 11.3 Å². The van der Waals surface area contributed by atoms with Crippen molar-refractivity contribution in [2.45, 2.75) is 10.8 Å². The Morgan fingerprint density at radius 3 is 2.80 bits per heavy atom. The molecule has 108 valence electrons. The second-order valence-electron chi connectivity index (χ2n) is 4.03. The molecule has 0 bridgehead atoms. The van der Waals surface area contributed by atoms with Crippen LogP contribution >= 0.6 is 38.9 Å². The Labute approximate surface area is 135 Å². The third-order valence-electron chi connectivity index (χ3n) is 2.45. The van der Waals surface area contributed by atoms with Gasteiger partial charge in [-0.05, 0) is 58.2 Å². The molecule has 4 nitrogen and oxygen atoms in total. The van der Waals surface area contributed by atoms with Gasteiger partial charge < -0.3 is 5.32 Å². The van der Waals surface area contributed by atoms with Crippen LogP contribution in [0.1, 0.15) is 5.56 Å². The summed E-state index contributed by atoms with van der Waals surface area (Å²) in [7, 11) is -1.79. The standard InChI is InChI=1S/C12H12BrClN2O2S2/c1-15-6-8-4-12(19-7-8)20(17,18)16-11-5-9(14)2-3-10(11)13/h2-5,7,15-16H,6H2,1H3. The lowest BCUT2D eigenvalue weighted by molar-refractivity contribution is 0.603. The van der Waals surface area contributed by atoms with Gasteiger partial charge in [0.05, 0.1) is 5.69 Å². The van der Waals surface area contributed by atoms with Gasteiger partial charge >= 0.3 is 0 Å². The van der Waals surface area contributed by atoms with E-state index >= 15 is 0 Å². The van der Waals surface area contributed by atoms with Crippen molar-refractivity contribution >= 4 is 54.6 Å². The van der Waals surface area contributed by atoms with Crippen molar-refractivity contribution in [3.8, 4) is 0 Å². The quantitative estimate of drug-likeness (QED) is 0.812. The molecule has 2 N–H and O–H groups in total. The molecule has 0 radical (unpaired) electrons. The minimum atomic E-state index is -3.60. The van der Waals surface area contributed by atoms with Crippen LogP contribution < -0.4 is 10.0 Å². The minimum Gasteiger partial charge on any atom is -0.316 e. The molecule has 0 saturated carbocycles. The van der Waals surface area contributed by atoms with Gasteiger partial charge in [0.25, 0.3) is 10.0 Å². The highest BCUT2D eigenvalue weighted by Gasteiger charge is 2.18. The maximum atomic E-state index is 12.3. The molecule has 1 heterocycles. The first-order valence-electron chi connectivity index (χ1n) is 5.62. The van der Waals surface area contributed by atoms with E-state index in [2.05, 4.69) is 26.0 Å². The van der Waals surface area contributed by atoms with Gasteiger partial charge in [0, 0.05) is 16.0 Å². The van der Waals surface area contributed by atoms with Gasteiger partial charge in [0.2, 0.25) is 0 Å². The largest absolute Gasteiger partial charge is 0.316 e. The van der Waals surface area contributed by atoms with Crippen molar-refractivity contribution in [2.75, 3.05) is 11.8 Å². The number of hydrogen-bond donors (Lipinski definition) is 2. The lowest BCUT2D eigenvalue weighted by Crippen LogP contribution is -2.12. The average Bonchev–Trinajstić information content (AvgIpc) is 2.83. The fraction of sp³-hybridized carbons (Fsp3) is 0.167. The summed E-state index contributed by atoms with van der Waals surface area (Å²) >= 11 is 10.4. The van der Waals surface area contributed by atoms with Crippen molar-refractivity contribution < 1.29 is 8.42 Å². The molecule has 0 fully saturated rings. The zero-order valence-corrected chi connectivity index (χ0v) is 14.5. The SMILES string of the molecule is CNCc1csc(S(=O)(=O)Nc2cc(Cl)ccc2Br)c1. The number of benzene rings is 1. The zero-order valence-electron chi connectivity index (χ0n) is 10.5. The number of anilines is 1. The van der Waals surface area contributed by atoms with Crippen molar-refractivity contribution in [1.82, 2.24) is 5.32 Å². The fourth-order valence-electron chi connectivity index (χ4n) is 1.56. The number of hydrogen-bond acceptors (Lipinski definition) is 4. The maximum absolute atomic E-state index is 12.3. The molecular weight excluding hydrogens is 384 g/mol. The van der Waals surface area contributed by atoms with Crippen LogP contribution in [0, 0.1) is 0 Å². The molecule has 0 aliphatic carbocycles. The van der Waals surface area contributed by atoms with E-state index < -0.39 is 10.0 Å². The van der Waals surface area contributed by atoms with Gasteiger partial charge in [-0.25, -0.2) is 8.42 Å². The highest BCUT2D eigenvalue weighted by molar-refractivity contribution is 9.10. The van der Waals surface area contributed by atoms with Crippen LogP contribution in [-0.2, 0) is 16.6 Å². The van der Waals surface area contributed by atoms with Gasteiger partial charge in [0.1, 0.15) is 4.21 Å². The topological polar surface area (TPSA) is 58.2 Å². The molecule has 2 aromatic rings. The Bertz CT molecular complexity index is 716. The first kappa shape index (κ1) is 15.8. The molecule has 0 atom stereocenters. The van der Waals surface area contributed by atoms with Crippen LogP contribution in [0.25, 0.3) is 0 Å². The predicted octanol–water partition coefficient (Wildman–Crippen LogP) is 3.68. The molecule has 0 aliphatic rings. The van der Waals surface area contributed by atoms with Gasteiger partial charge in [0.15, 0.2) is 0 Å². The van der Waals surface area contributed by atoms with Crippen LogP contribution in [0.5, 0.6) is 0 Å². The summed E-state index contributed by atoms with van der Waals surface area (Å²) in [6, 6.07) is 6.59. The van der Waals surface area contributed by atoms with E-state index in [0.29, 0.717) is 21.7 Å². The molecule has 20 heavy (non-hydrogen) atoms. The van der Waals surface area contributed by atoms with E-state index in [4.69, 9.17) is 11.6 Å². The summed E-state index contributed by atoms with van der Waals surface area (Å²) in [5, 5.41) is 5.26. The fourth-order valence-corrected chi connectivity index (χ4v) is 4.49. The van der Waals surface area contributed by atoms with E-state index in [9.17, 15) is 8.42 Å². The molecule has 0 spiro atoms. The summed E-state index contributed by atoms with van der Waals surface area (Å²) in [4.78, 5) is 0. The van der Waals surface area contributed by atoms with Crippen molar-refractivity contribution in [1.29, 1.82) is 0 Å². The monoisotopic (exact) mass is 394 g/mol. The summed E-state index contributed by atoms with van der Waals surface area (Å²) in [5.41, 5.74) is 1.35. The molecular formula is C12H12BrClN2O2S2. The second kappa shape index (κ2) is 6.44. The lowest BCUT2D eigenvalue weighted by Gasteiger charge is -2.08. The maximum Gasteiger partial charge on any atom is 0.271 e. The van der Waals surface area contributed by atoms with Crippen LogP contribution in [0.4, 0.5) is 5.69 Å². The molecule has 0 amide bonds. The van der Waals surface area contributed by atoms with E-state index in [0.717, 1.165) is 5.56 Å². The highest BCUT2D eigenvalue weighted by atomic mass is 79.9. The highest BCUT2D eigenvalue weighted by Crippen LogP contribution is 2.29. The molecule has 8 heteroatoms. The molecule has 0 unspecified atom stereocenters. The summed E-state index contributed by atoms with van der Waals surface area (Å²) in [6.45, 7) is 0.632. The Morgan fingerprint density at radius 1 is 1.35 bits per heavy atom. The Hall–Kier alpha value is -0.600. The molecule has 1 aromatic carbocycles. The van der Waals surface area contributed by atoms with Crippen LogP contribution in [0.2, 0.25) is 5.02 Å².